The molecule has 94 valence electrons. The third-order valence-electron chi connectivity index (χ3n) is 2.38. The molecule has 1 rings (SSSR count). The Bertz CT molecular complexity index is 329. The van der Waals surface area contributed by atoms with E-state index in [1.54, 1.807) is 11.9 Å². The first-order valence-electron chi connectivity index (χ1n) is 5.72. The molecule has 0 radical (unpaired) electrons. The van der Waals surface area contributed by atoms with Crippen molar-refractivity contribution in [3.63, 3.8) is 0 Å². The van der Waals surface area contributed by atoms with Gasteiger partial charge in [-0.3, -0.25) is 4.79 Å². The summed E-state index contributed by atoms with van der Waals surface area (Å²) in [7, 11) is 1.79. The summed E-state index contributed by atoms with van der Waals surface area (Å²) in [4.78, 5) is 13.1. The summed E-state index contributed by atoms with van der Waals surface area (Å²) in [5, 5.41) is 0. The van der Waals surface area contributed by atoms with Crippen LogP contribution in [0.15, 0.2) is 30.3 Å². The van der Waals surface area contributed by atoms with E-state index < -0.39 is 0 Å². The predicted octanol–water partition coefficient (Wildman–Crippen LogP) is 2.54. The van der Waals surface area contributed by atoms with Crippen LogP contribution in [0.4, 0.5) is 0 Å². The number of halogens is 1. The normalized spacial score (nSPS) is 10.0. The van der Waals surface area contributed by atoms with Crippen molar-refractivity contribution in [1.82, 2.24) is 4.90 Å². The third kappa shape index (κ3) is 5.59. The highest BCUT2D eigenvalue weighted by molar-refractivity contribution is 6.18. The lowest BCUT2D eigenvalue weighted by atomic mass is 10.3. The van der Waals surface area contributed by atoms with Crippen LogP contribution in [0.5, 0.6) is 5.75 Å². The topological polar surface area (TPSA) is 29.5 Å². The molecule has 1 aromatic rings. The number of benzene rings is 1. The maximum atomic E-state index is 11.4. The van der Waals surface area contributed by atoms with Crippen molar-refractivity contribution in [3.8, 4) is 5.75 Å². The zero-order valence-corrected chi connectivity index (χ0v) is 10.8. The molecule has 0 spiro atoms. The van der Waals surface area contributed by atoms with Crippen molar-refractivity contribution >= 4 is 17.5 Å². The maximum Gasteiger partial charge on any atom is 0.223 e. The number of nitrogens with zero attached hydrogens (tertiary/aromatic N) is 1. The highest BCUT2D eigenvalue weighted by atomic mass is 35.5. The highest BCUT2D eigenvalue weighted by Crippen LogP contribution is 2.08. The summed E-state index contributed by atoms with van der Waals surface area (Å²) in [6, 6.07) is 9.66. The minimum absolute atomic E-state index is 0.0831. The number of carbonyl (C=O) groups is 1. The van der Waals surface area contributed by atoms with E-state index in [0.717, 1.165) is 12.2 Å². The Labute approximate surface area is 107 Å². The highest BCUT2D eigenvalue weighted by Gasteiger charge is 2.06. The van der Waals surface area contributed by atoms with E-state index in [1.807, 2.05) is 30.3 Å². The number of ether oxygens (including phenoxy) is 1. The molecule has 0 N–H and O–H groups in total. The molecule has 17 heavy (non-hydrogen) atoms. The molecule has 4 heteroatoms. The molecule has 0 heterocycles. The van der Waals surface area contributed by atoms with Gasteiger partial charge in [0, 0.05) is 25.9 Å². The zero-order valence-electron chi connectivity index (χ0n) is 10.1. The molecule has 0 bridgehead atoms. The van der Waals surface area contributed by atoms with E-state index >= 15 is 0 Å². The first kappa shape index (κ1) is 13.8. The Kier molecular flexibility index (Phi) is 6.48. The molecule has 0 saturated heterocycles. The second-order valence-corrected chi connectivity index (χ2v) is 4.15. The molecule has 1 aromatic carbocycles. The predicted molar refractivity (Wildman–Crippen MR) is 69.5 cm³/mol. The first-order chi connectivity index (χ1) is 8.24. The van der Waals surface area contributed by atoms with Gasteiger partial charge in [-0.05, 0) is 18.6 Å². The van der Waals surface area contributed by atoms with Crippen molar-refractivity contribution in [2.75, 3.05) is 26.1 Å². The number of para-hydroxylation sites is 1. The third-order valence-corrected chi connectivity index (χ3v) is 2.57. The lowest BCUT2D eigenvalue weighted by molar-refractivity contribution is -0.129. The number of hydrogen-bond donors (Lipinski definition) is 0. The molecular formula is C13H18ClNO2. The van der Waals surface area contributed by atoms with Crippen molar-refractivity contribution < 1.29 is 9.53 Å². The van der Waals surface area contributed by atoms with Gasteiger partial charge in [0.1, 0.15) is 5.75 Å². The van der Waals surface area contributed by atoms with Gasteiger partial charge in [0.2, 0.25) is 5.91 Å². The van der Waals surface area contributed by atoms with E-state index in [9.17, 15) is 4.79 Å². The van der Waals surface area contributed by atoms with Crippen molar-refractivity contribution in [2.45, 2.75) is 12.8 Å². The Balaban J connectivity index is 2.14. The van der Waals surface area contributed by atoms with Gasteiger partial charge in [0.15, 0.2) is 0 Å². The molecule has 0 aliphatic rings. The molecular weight excluding hydrogens is 238 g/mol. The van der Waals surface area contributed by atoms with Crippen LogP contribution >= 0.6 is 11.6 Å². The van der Waals surface area contributed by atoms with Gasteiger partial charge in [-0.15, -0.1) is 11.6 Å². The van der Waals surface area contributed by atoms with Crippen LogP contribution in [0.3, 0.4) is 0 Å². The lowest BCUT2D eigenvalue weighted by Crippen LogP contribution is -2.28. The van der Waals surface area contributed by atoms with E-state index in [2.05, 4.69) is 0 Å². The summed E-state index contributed by atoms with van der Waals surface area (Å²) < 4.78 is 5.53. The van der Waals surface area contributed by atoms with Crippen LogP contribution in [-0.4, -0.2) is 36.9 Å². The van der Waals surface area contributed by atoms with Gasteiger partial charge in [-0.2, -0.15) is 0 Å². The molecule has 0 aliphatic heterocycles. The Morgan fingerprint density at radius 3 is 2.71 bits per heavy atom. The van der Waals surface area contributed by atoms with Crippen LogP contribution < -0.4 is 4.74 Å². The number of rotatable bonds is 7. The summed E-state index contributed by atoms with van der Waals surface area (Å²) in [6.45, 7) is 1.31. The van der Waals surface area contributed by atoms with Crippen molar-refractivity contribution in [1.29, 1.82) is 0 Å². The number of hydrogen-bond acceptors (Lipinski definition) is 2. The maximum absolute atomic E-state index is 11.4. The van der Waals surface area contributed by atoms with E-state index in [0.29, 0.717) is 25.5 Å². The van der Waals surface area contributed by atoms with Gasteiger partial charge < -0.3 is 9.64 Å². The molecule has 0 aromatic heterocycles. The quantitative estimate of drug-likeness (QED) is 0.554. The Hall–Kier alpha value is -1.22. The molecule has 0 fully saturated rings. The fourth-order valence-corrected chi connectivity index (χ4v) is 1.57. The van der Waals surface area contributed by atoms with E-state index in [-0.39, 0.29) is 5.91 Å². The van der Waals surface area contributed by atoms with Gasteiger partial charge in [-0.25, -0.2) is 0 Å². The van der Waals surface area contributed by atoms with Crippen LogP contribution in [0.1, 0.15) is 12.8 Å². The molecule has 0 aliphatic carbocycles. The Morgan fingerprint density at radius 2 is 2.06 bits per heavy atom. The van der Waals surface area contributed by atoms with E-state index in [4.69, 9.17) is 16.3 Å². The summed E-state index contributed by atoms with van der Waals surface area (Å²) >= 11 is 5.51. The molecule has 0 unspecified atom stereocenters. The lowest BCUT2D eigenvalue weighted by Gasteiger charge is -2.16. The standard InChI is InChI=1S/C13H18ClNO2/c1-15(13(16)8-9-14)10-5-11-17-12-6-3-2-4-7-12/h2-4,6-7H,5,8-11H2,1H3. The fraction of sp³-hybridized carbons (Fsp3) is 0.462. The van der Waals surface area contributed by atoms with Crippen molar-refractivity contribution in [2.24, 2.45) is 0 Å². The minimum atomic E-state index is 0.0831. The summed E-state index contributed by atoms with van der Waals surface area (Å²) in [5.41, 5.74) is 0. The van der Waals surface area contributed by atoms with Crippen LogP contribution in [0, 0.1) is 0 Å². The smallest absolute Gasteiger partial charge is 0.223 e. The summed E-state index contributed by atoms with van der Waals surface area (Å²) in [5.74, 6) is 1.32. The van der Waals surface area contributed by atoms with Crippen molar-refractivity contribution in [3.05, 3.63) is 30.3 Å². The van der Waals surface area contributed by atoms with Crippen LogP contribution in [0.25, 0.3) is 0 Å². The number of alkyl halides is 1. The molecule has 0 saturated carbocycles. The molecule has 3 nitrogen and oxygen atoms in total. The average molecular weight is 256 g/mol. The first-order valence-corrected chi connectivity index (χ1v) is 6.25. The SMILES string of the molecule is CN(CCCOc1ccccc1)C(=O)CCCl. The second-order valence-electron chi connectivity index (χ2n) is 3.77. The van der Waals surface area contributed by atoms with E-state index in [1.165, 1.54) is 0 Å². The van der Waals surface area contributed by atoms with Gasteiger partial charge >= 0.3 is 0 Å². The van der Waals surface area contributed by atoms with Crippen LogP contribution in [-0.2, 0) is 4.79 Å². The fourth-order valence-electron chi connectivity index (χ4n) is 1.40. The van der Waals surface area contributed by atoms with Gasteiger partial charge in [0.05, 0.1) is 6.61 Å². The zero-order chi connectivity index (χ0) is 12.5. The van der Waals surface area contributed by atoms with Crippen LogP contribution in [0.2, 0.25) is 0 Å². The molecule has 0 atom stereocenters. The second kappa shape index (κ2) is 7.96. The number of carbonyl (C=O) groups excluding carboxylic acids is 1. The molecule has 1 amide bonds. The Morgan fingerprint density at radius 1 is 1.35 bits per heavy atom. The summed E-state index contributed by atoms with van der Waals surface area (Å²) in [6.07, 6.45) is 1.22. The average Bonchev–Trinajstić information content (AvgIpc) is 2.36. The van der Waals surface area contributed by atoms with Gasteiger partial charge in [-0.1, -0.05) is 18.2 Å². The number of amides is 1. The largest absolute Gasteiger partial charge is 0.494 e. The van der Waals surface area contributed by atoms with Gasteiger partial charge in [0.25, 0.3) is 0 Å². The monoisotopic (exact) mass is 255 g/mol. The minimum Gasteiger partial charge on any atom is -0.494 e.